The molecule has 0 aliphatic carbocycles. The molecular weight excluding hydrogens is 284 g/mol. The van der Waals surface area contributed by atoms with Gasteiger partial charge in [-0.05, 0) is 22.9 Å². The smallest absolute Gasteiger partial charge is 0.363 e. The van der Waals surface area contributed by atoms with Gasteiger partial charge in [0.1, 0.15) is 5.01 Å². The van der Waals surface area contributed by atoms with E-state index in [0.29, 0.717) is 10.7 Å². The van der Waals surface area contributed by atoms with Gasteiger partial charge >= 0.3 is 11.8 Å². The van der Waals surface area contributed by atoms with Crippen LogP contribution in [0.25, 0.3) is 0 Å². The van der Waals surface area contributed by atoms with E-state index in [-0.39, 0.29) is 17.6 Å². The first kappa shape index (κ1) is 13.9. The number of carboxylic acids is 1. The molecule has 0 amide bonds. The van der Waals surface area contributed by atoms with Crippen molar-refractivity contribution in [3.63, 3.8) is 0 Å². The van der Waals surface area contributed by atoms with Gasteiger partial charge in [-0.2, -0.15) is 0 Å². The molecule has 8 nitrogen and oxygen atoms in total. The summed E-state index contributed by atoms with van der Waals surface area (Å²) in [7, 11) is 0. The Morgan fingerprint density at radius 2 is 2.30 bits per heavy atom. The average molecular weight is 294 g/mol. The zero-order chi connectivity index (χ0) is 14.7. The Labute approximate surface area is 117 Å². The number of carboxylic acid groups (broad SMARTS) is 1. The maximum Gasteiger partial charge on any atom is 0.363 e. The number of nitrogens with zero attached hydrogens (tertiary/aromatic N) is 3. The number of aromatic nitrogens is 2. The summed E-state index contributed by atoms with van der Waals surface area (Å²) in [6.45, 7) is 1.81. The topological polar surface area (TPSA) is 118 Å². The minimum Gasteiger partial charge on any atom is -0.476 e. The highest BCUT2D eigenvalue weighted by Gasteiger charge is 2.15. The Balaban J connectivity index is 2.08. The van der Waals surface area contributed by atoms with Crippen LogP contribution in [0.4, 0.5) is 11.5 Å². The number of hydrogen-bond donors (Lipinski definition) is 2. The van der Waals surface area contributed by atoms with Crippen molar-refractivity contribution in [2.75, 3.05) is 5.32 Å². The van der Waals surface area contributed by atoms with Gasteiger partial charge in [-0.25, -0.2) is 9.78 Å². The van der Waals surface area contributed by atoms with Crippen LogP contribution in [0.1, 0.15) is 28.5 Å². The predicted molar refractivity (Wildman–Crippen MR) is 72.0 cm³/mol. The highest BCUT2D eigenvalue weighted by molar-refractivity contribution is 7.09. The van der Waals surface area contributed by atoms with Crippen LogP contribution in [0, 0.1) is 10.1 Å². The van der Waals surface area contributed by atoms with E-state index in [1.165, 1.54) is 35.0 Å². The molecule has 20 heavy (non-hydrogen) atoms. The minimum absolute atomic E-state index is 0.000439. The molecule has 0 spiro atoms. The van der Waals surface area contributed by atoms with Crippen LogP contribution in [0.2, 0.25) is 0 Å². The van der Waals surface area contributed by atoms with Crippen LogP contribution >= 0.6 is 11.3 Å². The zero-order valence-electron chi connectivity index (χ0n) is 10.3. The molecule has 0 saturated heterocycles. The molecule has 104 valence electrons. The quantitative estimate of drug-likeness (QED) is 0.641. The fraction of sp³-hybridized carbons (Fsp3) is 0.182. The summed E-state index contributed by atoms with van der Waals surface area (Å²) in [5.74, 6) is -1.30. The first-order valence-electron chi connectivity index (χ1n) is 5.53. The molecule has 2 N–H and O–H groups in total. The fourth-order valence-electron chi connectivity index (χ4n) is 1.48. The lowest BCUT2D eigenvalue weighted by Gasteiger charge is -2.10. The molecule has 0 aliphatic heterocycles. The third-order valence-corrected chi connectivity index (χ3v) is 3.46. The second kappa shape index (κ2) is 5.61. The van der Waals surface area contributed by atoms with E-state index in [0.717, 1.165) is 0 Å². The van der Waals surface area contributed by atoms with Crippen LogP contribution in [0.3, 0.4) is 0 Å². The van der Waals surface area contributed by atoms with E-state index >= 15 is 0 Å². The monoisotopic (exact) mass is 294 g/mol. The number of aromatic carboxylic acids is 1. The van der Waals surface area contributed by atoms with Gasteiger partial charge in [-0.3, -0.25) is 0 Å². The van der Waals surface area contributed by atoms with Crippen molar-refractivity contribution in [3.8, 4) is 0 Å². The standard InChI is InChI=1S/C11H10N4O4S/c1-6(10-14-8(5-20-10)11(16)17)13-7-2-3-9(12-4-7)15(18)19/h2-6,13H,1H3,(H,16,17). The van der Waals surface area contributed by atoms with E-state index in [9.17, 15) is 14.9 Å². The fourth-order valence-corrected chi connectivity index (χ4v) is 2.28. The highest BCUT2D eigenvalue weighted by Crippen LogP contribution is 2.22. The van der Waals surface area contributed by atoms with Gasteiger partial charge in [0.15, 0.2) is 11.9 Å². The second-order valence-electron chi connectivity index (χ2n) is 3.90. The summed E-state index contributed by atoms with van der Waals surface area (Å²) in [4.78, 5) is 28.3. The average Bonchev–Trinajstić information content (AvgIpc) is 2.89. The van der Waals surface area contributed by atoms with Crippen molar-refractivity contribution in [2.24, 2.45) is 0 Å². The number of nitro groups is 1. The maximum absolute atomic E-state index is 10.7. The summed E-state index contributed by atoms with van der Waals surface area (Å²) < 4.78 is 0. The minimum atomic E-state index is -1.07. The van der Waals surface area contributed by atoms with Gasteiger partial charge in [0, 0.05) is 11.4 Å². The van der Waals surface area contributed by atoms with Gasteiger partial charge in [-0.15, -0.1) is 11.3 Å². The summed E-state index contributed by atoms with van der Waals surface area (Å²) in [5, 5.41) is 24.4. The molecule has 2 rings (SSSR count). The molecule has 0 bridgehead atoms. The number of nitrogens with one attached hydrogen (secondary N) is 1. The number of anilines is 1. The first-order chi connectivity index (χ1) is 9.47. The van der Waals surface area contributed by atoms with Gasteiger partial charge in [0.25, 0.3) is 0 Å². The third kappa shape index (κ3) is 3.06. The lowest BCUT2D eigenvalue weighted by atomic mass is 10.3. The van der Waals surface area contributed by atoms with Crippen LogP contribution in [0.15, 0.2) is 23.7 Å². The number of hydrogen-bond acceptors (Lipinski definition) is 7. The molecule has 0 aromatic carbocycles. The van der Waals surface area contributed by atoms with Crippen LogP contribution in [-0.2, 0) is 0 Å². The van der Waals surface area contributed by atoms with E-state index in [1.54, 1.807) is 0 Å². The normalized spacial score (nSPS) is 11.8. The number of pyridine rings is 1. The zero-order valence-corrected chi connectivity index (χ0v) is 11.1. The third-order valence-electron chi connectivity index (χ3n) is 2.43. The van der Waals surface area contributed by atoms with Gasteiger partial charge in [0.2, 0.25) is 0 Å². The number of thiazole rings is 1. The van der Waals surface area contributed by atoms with Crippen molar-refractivity contribution in [2.45, 2.75) is 13.0 Å². The largest absolute Gasteiger partial charge is 0.476 e. The summed E-state index contributed by atoms with van der Waals surface area (Å²) in [5.41, 5.74) is 0.593. The molecule has 1 atom stereocenters. The van der Waals surface area contributed by atoms with Crippen LogP contribution < -0.4 is 5.32 Å². The lowest BCUT2D eigenvalue weighted by Crippen LogP contribution is -2.07. The molecule has 2 heterocycles. The Bertz CT molecular complexity index is 640. The number of rotatable bonds is 5. The molecule has 0 aliphatic rings. The summed E-state index contributed by atoms with van der Waals surface area (Å²) >= 11 is 1.23. The SMILES string of the molecule is CC(Nc1ccc([N+](=O)[O-])nc1)c1nc(C(=O)O)cs1. The van der Waals surface area contributed by atoms with Crippen molar-refractivity contribution < 1.29 is 14.8 Å². The van der Waals surface area contributed by atoms with Crippen LogP contribution in [-0.4, -0.2) is 26.0 Å². The Morgan fingerprint density at radius 1 is 1.55 bits per heavy atom. The molecule has 2 aromatic rings. The molecule has 9 heteroatoms. The molecule has 2 aromatic heterocycles. The first-order valence-corrected chi connectivity index (χ1v) is 6.41. The molecule has 0 radical (unpaired) electrons. The molecule has 0 saturated carbocycles. The van der Waals surface area contributed by atoms with E-state index in [1.807, 2.05) is 6.92 Å². The predicted octanol–water partition coefficient (Wildman–Crippen LogP) is 2.32. The highest BCUT2D eigenvalue weighted by atomic mass is 32.1. The van der Waals surface area contributed by atoms with Crippen molar-refractivity contribution in [1.82, 2.24) is 9.97 Å². The van der Waals surface area contributed by atoms with Crippen molar-refractivity contribution >= 4 is 28.8 Å². The lowest BCUT2D eigenvalue weighted by molar-refractivity contribution is -0.389. The molecule has 0 fully saturated rings. The van der Waals surface area contributed by atoms with E-state index in [2.05, 4.69) is 15.3 Å². The Hall–Kier alpha value is -2.55. The van der Waals surface area contributed by atoms with Crippen LogP contribution in [0.5, 0.6) is 0 Å². The van der Waals surface area contributed by atoms with Gasteiger partial charge < -0.3 is 20.5 Å². The summed E-state index contributed by atoms with van der Waals surface area (Å²) in [6.07, 6.45) is 1.35. The van der Waals surface area contributed by atoms with E-state index in [4.69, 9.17) is 5.11 Å². The Kier molecular flexibility index (Phi) is 3.89. The Morgan fingerprint density at radius 3 is 2.80 bits per heavy atom. The number of carbonyl (C=O) groups is 1. The van der Waals surface area contributed by atoms with Gasteiger partial charge in [-0.1, -0.05) is 0 Å². The van der Waals surface area contributed by atoms with Crippen molar-refractivity contribution in [1.29, 1.82) is 0 Å². The summed E-state index contributed by atoms with van der Waals surface area (Å²) in [6, 6.07) is 2.60. The molecule has 1 unspecified atom stereocenters. The van der Waals surface area contributed by atoms with Crippen molar-refractivity contribution in [3.05, 3.63) is 44.5 Å². The second-order valence-corrected chi connectivity index (χ2v) is 4.79. The van der Waals surface area contributed by atoms with E-state index < -0.39 is 10.9 Å². The maximum atomic E-state index is 10.7. The molecular formula is C11H10N4O4S. The van der Waals surface area contributed by atoms with Gasteiger partial charge in [0.05, 0.1) is 11.7 Å².